The van der Waals surface area contributed by atoms with Crippen molar-refractivity contribution in [1.82, 2.24) is 5.43 Å². The molecule has 0 bridgehead atoms. The topological polar surface area (TPSA) is 41.5 Å². The summed E-state index contributed by atoms with van der Waals surface area (Å²) < 4.78 is 12.7. The molecule has 2 saturated carbocycles. The fourth-order valence-corrected chi connectivity index (χ4v) is 3.64. The van der Waals surface area contributed by atoms with E-state index in [-0.39, 0.29) is 23.1 Å². The SMILES string of the molecule is C[C@]12CCCC[C@@H]1[C@@H]2C(=O)N/N=C\c1ccc(F)cc1. The number of nitrogens with one attached hydrogen (secondary N) is 1. The molecule has 3 rings (SSSR count). The van der Waals surface area contributed by atoms with Gasteiger partial charge in [-0.1, -0.05) is 31.9 Å². The van der Waals surface area contributed by atoms with E-state index < -0.39 is 0 Å². The Morgan fingerprint density at radius 1 is 1.40 bits per heavy atom. The lowest BCUT2D eigenvalue weighted by molar-refractivity contribution is -0.123. The second-order valence-corrected chi connectivity index (χ2v) is 6.12. The van der Waals surface area contributed by atoms with E-state index in [0.29, 0.717) is 5.92 Å². The van der Waals surface area contributed by atoms with Crippen LogP contribution >= 0.6 is 0 Å². The van der Waals surface area contributed by atoms with Gasteiger partial charge in [-0.25, -0.2) is 9.82 Å². The minimum absolute atomic E-state index is 0.0257. The summed E-state index contributed by atoms with van der Waals surface area (Å²) in [6, 6.07) is 6.01. The van der Waals surface area contributed by atoms with E-state index in [4.69, 9.17) is 0 Å². The Morgan fingerprint density at radius 2 is 2.15 bits per heavy atom. The standard InChI is InChI=1S/C16H19FN2O/c1-16-9-3-2-4-13(16)14(16)15(20)19-18-10-11-5-7-12(17)8-6-11/h5-8,10,13-14H,2-4,9H2,1H3,(H,19,20)/b18-10-/t13-,14-,16+/m1/s1. The number of hydrogen-bond acceptors (Lipinski definition) is 2. The van der Waals surface area contributed by atoms with E-state index in [2.05, 4.69) is 17.5 Å². The fourth-order valence-electron chi connectivity index (χ4n) is 3.64. The Bertz CT molecular complexity index is 540. The van der Waals surface area contributed by atoms with Gasteiger partial charge in [0.25, 0.3) is 0 Å². The van der Waals surface area contributed by atoms with Gasteiger partial charge in [0.2, 0.25) is 5.91 Å². The van der Waals surface area contributed by atoms with Crippen LogP contribution in [0, 0.1) is 23.1 Å². The number of hydrogen-bond donors (Lipinski definition) is 1. The fraction of sp³-hybridized carbons (Fsp3) is 0.500. The summed E-state index contributed by atoms with van der Waals surface area (Å²) in [7, 11) is 0. The lowest BCUT2D eigenvalue weighted by atomic mass is 9.90. The second-order valence-electron chi connectivity index (χ2n) is 6.12. The number of hydrazone groups is 1. The van der Waals surface area contributed by atoms with Crippen molar-refractivity contribution in [3.63, 3.8) is 0 Å². The Morgan fingerprint density at radius 3 is 2.80 bits per heavy atom. The number of fused-ring (bicyclic) bond motifs is 1. The zero-order valence-electron chi connectivity index (χ0n) is 11.6. The molecule has 0 aliphatic heterocycles. The van der Waals surface area contributed by atoms with Crippen LogP contribution in [-0.2, 0) is 4.79 Å². The minimum atomic E-state index is -0.277. The highest BCUT2D eigenvalue weighted by Gasteiger charge is 2.64. The maximum Gasteiger partial charge on any atom is 0.244 e. The maximum absolute atomic E-state index is 12.7. The van der Waals surface area contributed by atoms with E-state index in [1.807, 2.05) is 0 Å². The second kappa shape index (κ2) is 5.00. The van der Waals surface area contributed by atoms with Crippen molar-refractivity contribution >= 4 is 12.1 Å². The molecule has 20 heavy (non-hydrogen) atoms. The van der Waals surface area contributed by atoms with Crippen molar-refractivity contribution in [2.24, 2.45) is 22.4 Å². The van der Waals surface area contributed by atoms with Crippen LogP contribution in [0.25, 0.3) is 0 Å². The van der Waals surface area contributed by atoms with Gasteiger partial charge in [0.1, 0.15) is 5.82 Å². The van der Waals surface area contributed by atoms with Crippen molar-refractivity contribution in [1.29, 1.82) is 0 Å². The van der Waals surface area contributed by atoms with Crippen molar-refractivity contribution in [2.75, 3.05) is 0 Å². The molecule has 0 unspecified atom stereocenters. The molecule has 2 aliphatic carbocycles. The van der Waals surface area contributed by atoms with Gasteiger partial charge in [-0.15, -0.1) is 0 Å². The molecule has 1 N–H and O–H groups in total. The van der Waals surface area contributed by atoms with Gasteiger partial charge in [0, 0.05) is 5.92 Å². The van der Waals surface area contributed by atoms with Crippen LogP contribution in [-0.4, -0.2) is 12.1 Å². The van der Waals surface area contributed by atoms with Crippen molar-refractivity contribution < 1.29 is 9.18 Å². The molecule has 106 valence electrons. The third-order valence-corrected chi connectivity index (χ3v) is 4.87. The summed E-state index contributed by atoms with van der Waals surface area (Å²) in [6.07, 6.45) is 6.33. The number of nitrogens with zero attached hydrogens (tertiary/aromatic N) is 1. The van der Waals surface area contributed by atoms with E-state index in [0.717, 1.165) is 18.4 Å². The molecular weight excluding hydrogens is 255 g/mol. The van der Waals surface area contributed by atoms with Crippen LogP contribution in [0.2, 0.25) is 0 Å². The highest BCUT2D eigenvalue weighted by Crippen LogP contribution is 2.66. The van der Waals surface area contributed by atoms with E-state index in [9.17, 15) is 9.18 Å². The number of amides is 1. The van der Waals surface area contributed by atoms with Gasteiger partial charge >= 0.3 is 0 Å². The monoisotopic (exact) mass is 274 g/mol. The molecule has 1 amide bonds. The Hall–Kier alpha value is -1.71. The predicted molar refractivity (Wildman–Crippen MR) is 75.7 cm³/mol. The largest absolute Gasteiger partial charge is 0.273 e. The number of carbonyl (C=O) groups excluding carboxylic acids is 1. The van der Waals surface area contributed by atoms with Gasteiger partial charge in [-0.05, 0) is 41.9 Å². The molecule has 1 aromatic rings. The molecule has 0 radical (unpaired) electrons. The van der Waals surface area contributed by atoms with Crippen LogP contribution in [0.15, 0.2) is 29.4 Å². The highest BCUT2D eigenvalue weighted by atomic mass is 19.1. The summed E-state index contributed by atoms with van der Waals surface area (Å²) in [6.45, 7) is 2.21. The molecule has 3 nitrogen and oxygen atoms in total. The third-order valence-electron chi connectivity index (χ3n) is 4.87. The van der Waals surface area contributed by atoms with E-state index >= 15 is 0 Å². The van der Waals surface area contributed by atoms with Gasteiger partial charge < -0.3 is 0 Å². The average Bonchev–Trinajstić information content (AvgIpc) is 3.06. The number of benzene rings is 1. The van der Waals surface area contributed by atoms with E-state index in [1.165, 1.54) is 25.0 Å². The molecule has 3 atom stereocenters. The quantitative estimate of drug-likeness (QED) is 0.668. The molecule has 0 spiro atoms. The minimum Gasteiger partial charge on any atom is -0.273 e. The Labute approximate surface area is 118 Å². The zero-order chi connectivity index (χ0) is 14.2. The highest BCUT2D eigenvalue weighted by molar-refractivity contribution is 5.85. The van der Waals surface area contributed by atoms with Gasteiger partial charge in [-0.2, -0.15) is 5.10 Å². The Balaban J connectivity index is 1.56. The molecule has 4 heteroatoms. The smallest absolute Gasteiger partial charge is 0.244 e. The molecule has 0 heterocycles. The van der Waals surface area contributed by atoms with Crippen molar-refractivity contribution in [3.05, 3.63) is 35.6 Å². The normalized spacial score (nSPS) is 31.9. The van der Waals surface area contributed by atoms with Gasteiger partial charge in [0.15, 0.2) is 0 Å². The first kappa shape index (κ1) is 13.3. The lowest BCUT2D eigenvalue weighted by Crippen LogP contribution is -2.22. The average molecular weight is 274 g/mol. The van der Waals surface area contributed by atoms with Crippen molar-refractivity contribution in [3.8, 4) is 0 Å². The number of rotatable bonds is 3. The lowest BCUT2D eigenvalue weighted by Gasteiger charge is -2.15. The van der Waals surface area contributed by atoms with Crippen molar-refractivity contribution in [2.45, 2.75) is 32.6 Å². The maximum atomic E-state index is 12.7. The molecular formula is C16H19FN2O. The summed E-state index contributed by atoms with van der Waals surface area (Å²) >= 11 is 0. The summed E-state index contributed by atoms with van der Waals surface area (Å²) in [5.74, 6) is 0.409. The first-order valence-electron chi connectivity index (χ1n) is 7.20. The summed E-state index contributed by atoms with van der Waals surface area (Å²) in [4.78, 5) is 12.1. The molecule has 2 fully saturated rings. The summed E-state index contributed by atoms with van der Waals surface area (Å²) in [5, 5.41) is 3.97. The van der Waals surface area contributed by atoms with Crippen LogP contribution in [0.1, 0.15) is 38.2 Å². The number of carbonyl (C=O) groups is 1. The third kappa shape index (κ3) is 2.35. The molecule has 1 aromatic carbocycles. The summed E-state index contributed by atoms with van der Waals surface area (Å²) in [5.41, 5.74) is 3.60. The predicted octanol–water partition coefficient (Wildman–Crippen LogP) is 3.10. The first-order chi connectivity index (χ1) is 9.61. The van der Waals surface area contributed by atoms with Crippen LogP contribution in [0.3, 0.4) is 0 Å². The molecule has 2 aliphatic rings. The molecule has 0 aromatic heterocycles. The Kier molecular flexibility index (Phi) is 3.32. The van der Waals surface area contributed by atoms with E-state index in [1.54, 1.807) is 18.3 Å². The zero-order valence-corrected chi connectivity index (χ0v) is 11.6. The van der Waals surface area contributed by atoms with Crippen LogP contribution < -0.4 is 5.43 Å². The van der Waals surface area contributed by atoms with Crippen LogP contribution in [0.4, 0.5) is 4.39 Å². The van der Waals surface area contributed by atoms with Gasteiger partial charge in [-0.3, -0.25) is 4.79 Å². The number of halogens is 1. The van der Waals surface area contributed by atoms with Gasteiger partial charge in [0.05, 0.1) is 6.21 Å². The molecule has 0 saturated heterocycles. The van der Waals surface area contributed by atoms with Crippen LogP contribution in [0.5, 0.6) is 0 Å². The first-order valence-corrected chi connectivity index (χ1v) is 7.20.